The molecule has 2 heteroatoms. The van der Waals surface area contributed by atoms with Gasteiger partial charge in [-0.15, -0.1) is 0 Å². The van der Waals surface area contributed by atoms with Crippen LogP contribution in [0.15, 0.2) is 48.5 Å². The van der Waals surface area contributed by atoms with Crippen molar-refractivity contribution in [3.05, 3.63) is 65.2 Å². The van der Waals surface area contributed by atoms with Crippen LogP contribution >= 0.6 is 0 Å². The molecule has 1 fully saturated rings. The Morgan fingerprint density at radius 1 is 1.05 bits per heavy atom. The highest BCUT2D eigenvalue weighted by Crippen LogP contribution is 2.38. The molecule has 2 aromatic carbocycles. The predicted molar refractivity (Wildman–Crippen MR) is 79.5 cm³/mol. The van der Waals surface area contributed by atoms with Crippen LogP contribution in [0.2, 0.25) is 0 Å². The Labute approximate surface area is 119 Å². The topological polar surface area (TPSA) is 26.3 Å². The Bertz CT molecular complexity index is 610. The third-order valence-corrected chi connectivity index (χ3v) is 4.10. The summed E-state index contributed by atoms with van der Waals surface area (Å²) in [4.78, 5) is 12.7. The molecule has 2 aromatic rings. The van der Waals surface area contributed by atoms with Gasteiger partial charge in [0, 0.05) is 11.1 Å². The van der Waals surface area contributed by atoms with E-state index < -0.39 is 0 Å². The van der Waals surface area contributed by atoms with Crippen LogP contribution in [0.25, 0.3) is 0 Å². The van der Waals surface area contributed by atoms with Gasteiger partial charge < -0.3 is 4.74 Å². The van der Waals surface area contributed by atoms with Crippen LogP contribution in [0.1, 0.15) is 46.7 Å². The first-order valence-corrected chi connectivity index (χ1v) is 7.07. The van der Waals surface area contributed by atoms with Crippen LogP contribution in [-0.2, 0) is 0 Å². The largest absolute Gasteiger partial charge is 0.497 e. The molecule has 0 radical (unpaired) electrons. The molecule has 102 valence electrons. The van der Waals surface area contributed by atoms with E-state index in [1.54, 1.807) is 7.11 Å². The Morgan fingerprint density at radius 3 is 2.35 bits per heavy atom. The van der Waals surface area contributed by atoms with Crippen LogP contribution in [0.4, 0.5) is 0 Å². The molecule has 0 spiro atoms. The average molecular weight is 266 g/mol. The van der Waals surface area contributed by atoms with Gasteiger partial charge in [-0.1, -0.05) is 30.7 Å². The second-order valence-electron chi connectivity index (χ2n) is 5.27. The molecule has 20 heavy (non-hydrogen) atoms. The molecule has 0 heterocycles. The molecule has 1 aliphatic rings. The number of benzene rings is 2. The van der Waals surface area contributed by atoms with Crippen molar-refractivity contribution in [2.24, 2.45) is 0 Å². The molecule has 0 bridgehead atoms. The van der Waals surface area contributed by atoms with Crippen LogP contribution < -0.4 is 4.74 Å². The zero-order valence-electron chi connectivity index (χ0n) is 11.6. The molecule has 0 saturated heterocycles. The smallest absolute Gasteiger partial charge is 0.193 e. The SMILES string of the molecule is COc1ccc(C(=O)c2ccccc2C2CCC2)cc1. The summed E-state index contributed by atoms with van der Waals surface area (Å²) in [6.45, 7) is 0. The number of carbonyl (C=O) groups excluding carboxylic acids is 1. The highest BCUT2D eigenvalue weighted by Gasteiger charge is 2.24. The minimum atomic E-state index is 0.107. The monoisotopic (exact) mass is 266 g/mol. The van der Waals surface area contributed by atoms with E-state index in [0.717, 1.165) is 16.9 Å². The van der Waals surface area contributed by atoms with Gasteiger partial charge >= 0.3 is 0 Å². The van der Waals surface area contributed by atoms with Gasteiger partial charge in [-0.2, -0.15) is 0 Å². The molecule has 0 N–H and O–H groups in total. The molecule has 0 aromatic heterocycles. The highest BCUT2D eigenvalue weighted by atomic mass is 16.5. The second-order valence-corrected chi connectivity index (χ2v) is 5.27. The van der Waals surface area contributed by atoms with Crippen LogP contribution in [0.3, 0.4) is 0 Å². The minimum Gasteiger partial charge on any atom is -0.497 e. The molecule has 0 atom stereocenters. The maximum Gasteiger partial charge on any atom is 0.193 e. The lowest BCUT2D eigenvalue weighted by molar-refractivity contribution is 0.103. The lowest BCUT2D eigenvalue weighted by atomic mass is 9.77. The van der Waals surface area contributed by atoms with Crippen molar-refractivity contribution < 1.29 is 9.53 Å². The Balaban J connectivity index is 1.93. The number of carbonyl (C=O) groups is 1. The zero-order chi connectivity index (χ0) is 13.9. The van der Waals surface area contributed by atoms with E-state index in [1.807, 2.05) is 42.5 Å². The van der Waals surface area contributed by atoms with E-state index in [1.165, 1.54) is 24.8 Å². The number of methoxy groups -OCH3 is 1. The summed E-state index contributed by atoms with van der Waals surface area (Å²) in [7, 11) is 1.63. The fourth-order valence-electron chi connectivity index (χ4n) is 2.68. The molecule has 0 aliphatic heterocycles. The molecule has 3 rings (SSSR count). The summed E-state index contributed by atoms with van der Waals surface area (Å²) in [6, 6.07) is 15.3. The van der Waals surface area contributed by atoms with Gasteiger partial charge in [-0.3, -0.25) is 4.79 Å². The van der Waals surface area contributed by atoms with Gasteiger partial charge in [-0.25, -0.2) is 0 Å². The predicted octanol–water partition coefficient (Wildman–Crippen LogP) is 4.19. The maximum absolute atomic E-state index is 12.7. The van der Waals surface area contributed by atoms with Crippen molar-refractivity contribution >= 4 is 5.78 Å². The van der Waals surface area contributed by atoms with Crippen molar-refractivity contribution in [2.75, 3.05) is 7.11 Å². The van der Waals surface area contributed by atoms with Gasteiger partial charge in [0.05, 0.1) is 7.11 Å². The van der Waals surface area contributed by atoms with E-state index in [9.17, 15) is 4.79 Å². The van der Waals surface area contributed by atoms with Crippen molar-refractivity contribution in [2.45, 2.75) is 25.2 Å². The molecule has 1 aliphatic carbocycles. The number of ketones is 1. The minimum absolute atomic E-state index is 0.107. The molecule has 2 nitrogen and oxygen atoms in total. The molecular formula is C18H18O2. The first-order chi connectivity index (χ1) is 9.79. The summed E-state index contributed by atoms with van der Waals surface area (Å²) >= 11 is 0. The third-order valence-electron chi connectivity index (χ3n) is 4.10. The Kier molecular flexibility index (Phi) is 3.55. The van der Waals surface area contributed by atoms with Crippen molar-refractivity contribution in [3.63, 3.8) is 0 Å². The van der Waals surface area contributed by atoms with Crippen LogP contribution in [-0.4, -0.2) is 12.9 Å². The summed E-state index contributed by atoms with van der Waals surface area (Å²) in [6.07, 6.45) is 3.68. The van der Waals surface area contributed by atoms with Gasteiger partial charge in [0.15, 0.2) is 5.78 Å². The van der Waals surface area contributed by atoms with E-state index in [-0.39, 0.29) is 5.78 Å². The fourth-order valence-corrected chi connectivity index (χ4v) is 2.68. The first kappa shape index (κ1) is 12.9. The summed E-state index contributed by atoms with van der Waals surface area (Å²) in [5.41, 5.74) is 2.78. The highest BCUT2D eigenvalue weighted by molar-refractivity contribution is 6.10. The van der Waals surface area contributed by atoms with E-state index in [4.69, 9.17) is 4.74 Å². The van der Waals surface area contributed by atoms with E-state index in [2.05, 4.69) is 6.07 Å². The normalized spacial score (nSPS) is 14.7. The van der Waals surface area contributed by atoms with E-state index in [0.29, 0.717) is 5.92 Å². The average Bonchev–Trinajstić information content (AvgIpc) is 2.45. The van der Waals surface area contributed by atoms with Gasteiger partial charge in [0.25, 0.3) is 0 Å². The molecular weight excluding hydrogens is 248 g/mol. The molecule has 0 amide bonds. The van der Waals surface area contributed by atoms with Gasteiger partial charge in [-0.05, 0) is 48.6 Å². The molecule has 0 unspecified atom stereocenters. The zero-order valence-corrected chi connectivity index (χ0v) is 11.6. The van der Waals surface area contributed by atoms with E-state index >= 15 is 0 Å². The van der Waals surface area contributed by atoms with Crippen molar-refractivity contribution in [1.82, 2.24) is 0 Å². The summed E-state index contributed by atoms with van der Waals surface area (Å²) in [5, 5.41) is 0. The Hall–Kier alpha value is -2.09. The Morgan fingerprint density at radius 2 is 1.75 bits per heavy atom. The fraction of sp³-hybridized carbons (Fsp3) is 0.278. The molecule has 1 saturated carbocycles. The maximum atomic E-state index is 12.7. The lowest BCUT2D eigenvalue weighted by Gasteiger charge is -2.27. The number of hydrogen-bond donors (Lipinski definition) is 0. The lowest BCUT2D eigenvalue weighted by Crippen LogP contribution is -2.14. The van der Waals surface area contributed by atoms with Gasteiger partial charge in [0.1, 0.15) is 5.75 Å². The summed E-state index contributed by atoms with van der Waals surface area (Å²) < 4.78 is 5.13. The van der Waals surface area contributed by atoms with Crippen molar-refractivity contribution in [1.29, 1.82) is 0 Å². The van der Waals surface area contributed by atoms with Crippen LogP contribution in [0, 0.1) is 0 Å². The first-order valence-electron chi connectivity index (χ1n) is 7.07. The van der Waals surface area contributed by atoms with Gasteiger partial charge in [0.2, 0.25) is 0 Å². The number of rotatable bonds is 4. The number of ether oxygens (including phenoxy) is 1. The third kappa shape index (κ3) is 2.34. The number of hydrogen-bond acceptors (Lipinski definition) is 2. The summed E-state index contributed by atoms with van der Waals surface area (Å²) in [5.74, 6) is 1.44. The van der Waals surface area contributed by atoms with Crippen molar-refractivity contribution in [3.8, 4) is 5.75 Å². The standard InChI is InChI=1S/C18H18O2/c1-20-15-11-9-14(10-12-15)18(19)17-8-3-2-7-16(17)13-5-4-6-13/h2-3,7-13H,4-6H2,1H3. The second kappa shape index (κ2) is 5.49. The quantitative estimate of drug-likeness (QED) is 0.775. The van der Waals surface area contributed by atoms with Crippen LogP contribution in [0.5, 0.6) is 5.75 Å².